The van der Waals surface area contributed by atoms with E-state index in [4.69, 9.17) is 33.2 Å². The summed E-state index contributed by atoms with van der Waals surface area (Å²) in [5.74, 6) is 0.474. The molecule has 0 unspecified atom stereocenters. The monoisotopic (exact) mass is 292 g/mol. The van der Waals surface area contributed by atoms with E-state index < -0.39 is 0 Å². The van der Waals surface area contributed by atoms with E-state index in [-0.39, 0.29) is 6.42 Å². The number of nitrogens with zero attached hydrogens (tertiary/aromatic N) is 2. The lowest BCUT2D eigenvalue weighted by atomic mass is 10.0. The molecule has 0 N–H and O–H groups in total. The maximum absolute atomic E-state index is 8.90. The molecule has 0 saturated carbocycles. The summed E-state index contributed by atoms with van der Waals surface area (Å²) in [6.07, 6.45) is 1.92. The average Bonchev–Trinajstić information content (AvgIpc) is 2.37. The van der Waals surface area contributed by atoms with Crippen LogP contribution in [0.15, 0.2) is 30.5 Å². The lowest BCUT2D eigenvalue weighted by Gasteiger charge is -2.09. The molecule has 0 atom stereocenters. The van der Waals surface area contributed by atoms with Gasteiger partial charge < -0.3 is 4.74 Å². The molecule has 0 aliphatic rings. The molecule has 0 bridgehead atoms. The summed E-state index contributed by atoms with van der Waals surface area (Å²) in [4.78, 5) is 4.16. The molecule has 0 spiro atoms. The third-order valence-corrected chi connectivity index (χ3v) is 3.05. The molecule has 2 aromatic rings. The van der Waals surface area contributed by atoms with Gasteiger partial charge in [-0.1, -0.05) is 23.2 Å². The molecule has 0 saturated heterocycles. The molecule has 0 amide bonds. The third-order valence-electron chi connectivity index (χ3n) is 2.62. The predicted octanol–water partition coefficient (Wildman–Crippen LogP) is 4.13. The van der Waals surface area contributed by atoms with E-state index in [1.165, 1.54) is 7.11 Å². The van der Waals surface area contributed by atoms with Gasteiger partial charge in [0.1, 0.15) is 0 Å². The third kappa shape index (κ3) is 3.17. The molecule has 0 aliphatic heterocycles. The van der Waals surface area contributed by atoms with Crippen molar-refractivity contribution in [2.75, 3.05) is 7.11 Å². The van der Waals surface area contributed by atoms with Crippen LogP contribution in [0, 0.1) is 11.3 Å². The van der Waals surface area contributed by atoms with Crippen molar-refractivity contribution in [3.63, 3.8) is 0 Å². The number of methoxy groups -OCH3 is 1. The Morgan fingerprint density at radius 3 is 2.47 bits per heavy atom. The molecule has 5 heteroatoms. The number of rotatable bonds is 3. The van der Waals surface area contributed by atoms with Crippen molar-refractivity contribution in [2.45, 2.75) is 6.42 Å². The minimum Gasteiger partial charge on any atom is -0.481 e. The Balaban J connectivity index is 2.57. The molecule has 0 radical (unpaired) electrons. The van der Waals surface area contributed by atoms with Gasteiger partial charge in [0.15, 0.2) is 0 Å². The van der Waals surface area contributed by atoms with E-state index >= 15 is 0 Å². The zero-order chi connectivity index (χ0) is 13.8. The second-order valence-corrected chi connectivity index (χ2v) is 4.75. The summed E-state index contributed by atoms with van der Waals surface area (Å²) in [7, 11) is 1.54. The molecule has 0 aliphatic carbocycles. The van der Waals surface area contributed by atoms with Gasteiger partial charge in [0.2, 0.25) is 5.88 Å². The number of benzene rings is 1. The first kappa shape index (κ1) is 13.7. The van der Waals surface area contributed by atoms with Gasteiger partial charge in [0, 0.05) is 27.9 Å². The van der Waals surface area contributed by atoms with Crippen molar-refractivity contribution in [3.05, 3.63) is 46.1 Å². The van der Waals surface area contributed by atoms with Gasteiger partial charge >= 0.3 is 0 Å². The average molecular weight is 293 g/mol. The van der Waals surface area contributed by atoms with Crippen LogP contribution in [0.25, 0.3) is 11.1 Å². The lowest BCUT2D eigenvalue weighted by molar-refractivity contribution is 0.397. The highest BCUT2D eigenvalue weighted by Crippen LogP contribution is 2.30. The summed E-state index contributed by atoms with van der Waals surface area (Å²) < 4.78 is 5.07. The highest BCUT2D eigenvalue weighted by Gasteiger charge is 2.09. The molecular formula is C14H10Cl2N2O. The van der Waals surface area contributed by atoms with E-state index in [1.54, 1.807) is 30.5 Å². The van der Waals surface area contributed by atoms with Gasteiger partial charge in [-0.3, -0.25) is 0 Å². The summed E-state index contributed by atoms with van der Waals surface area (Å²) >= 11 is 12.0. The van der Waals surface area contributed by atoms with Crippen LogP contribution in [0.2, 0.25) is 10.0 Å². The molecule has 2 rings (SSSR count). The topological polar surface area (TPSA) is 45.9 Å². The first-order valence-corrected chi connectivity index (χ1v) is 6.26. The van der Waals surface area contributed by atoms with E-state index in [1.807, 2.05) is 0 Å². The largest absolute Gasteiger partial charge is 0.481 e. The fourth-order valence-electron chi connectivity index (χ4n) is 1.79. The molecule has 3 nitrogen and oxygen atoms in total. The van der Waals surface area contributed by atoms with Crippen molar-refractivity contribution in [3.8, 4) is 23.1 Å². The van der Waals surface area contributed by atoms with Crippen LogP contribution in [0.4, 0.5) is 0 Å². The van der Waals surface area contributed by atoms with Crippen LogP contribution >= 0.6 is 23.2 Å². The smallest absolute Gasteiger partial charge is 0.213 e. The minimum atomic E-state index is 0.262. The molecule has 1 heterocycles. The molecule has 0 fully saturated rings. The highest BCUT2D eigenvalue weighted by atomic mass is 35.5. The second kappa shape index (κ2) is 5.92. The summed E-state index contributed by atoms with van der Waals surface area (Å²) in [6, 6.07) is 9.11. The number of nitriles is 1. The van der Waals surface area contributed by atoms with Crippen LogP contribution in [0.5, 0.6) is 5.88 Å². The Morgan fingerprint density at radius 1 is 1.21 bits per heavy atom. The first-order chi connectivity index (χ1) is 9.13. The number of pyridine rings is 1. The lowest BCUT2D eigenvalue weighted by Crippen LogP contribution is -1.94. The standard InChI is InChI=1S/C14H10Cl2N2O/c1-19-14-6-9(2-3-17)13(8-18-14)10-4-11(15)7-12(16)5-10/h4-8H,2H2,1H3. The SMILES string of the molecule is COc1cc(CC#N)c(-c2cc(Cl)cc(Cl)c2)cn1. The Morgan fingerprint density at radius 2 is 1.89 bits per heavy atom. The predicted molar refractivity (Wildman–Crippen MR) is 75.6 cm³/mol. The van der Waals surface area contributed by atoms with Gasteiger partial charge in [0.25, 0.3) is 0 Å². The van der Waals surface area contributed by atoms with Gasteiger partial charge in [-0.25, -0.2) is 4.98 Å². The Labute approximate surface area is 121 Å². The van der Waals surface area contributed by atoms with E-state index in [2.05, 4.69) is 11.1 Å². The van der Waals surface area contributed by atoms with Crippen LogP contribution in [-0.2, 0) is 6.42 Å². The molecular weight excluding hydrogens is 283 g/mol. The van der Waals surface area contributed by atoms with E-state index in [9.17, 15) is 0 Å². The molecule has 1 aromatic heterocycles. The Kier molecular flexibility index (Phi) is 4.26. The van der Waals surface area contributed by atoms with Gasteiger partial charge in [-0.15, -0.1) is 0 Å². The van der Waals surface area contributed by atoms with Crippen molar-refractivity contribution in [2.24, 2.45) is 0 Å². The van der Waals surface area contributed by atoms with Crippen LogP contribution < -0.4 is 4.74 Å². The van der Waals surface area contributed by atoms with Gasteiger partial charge in [0.05, 0.1) is 19.6 Å². The van der Waals surface area contributed by atoms with E-state index in [0.29, 0.717) is 15.9 Å². The molecule has 96 valence electrons. The summed E-state index contributed by atoms with van der Waals surface area (Å²) in [5.41, 5.74) is 2.48. The van der Waals surface area contributed by atoms with Crippen molar-refractivity contribution in [1.82, 2.24) is 4.98 Å². The molecule has 1 aromatic carbocycles. The maximum Gasteiger partial charge on any atom is 0.213 e. The number of halogens is 2. The normalized spacial score (nSPS) is 10.0. The number of hydrogen-bond donors (Lipinski definition) is 0. The van der Waals surface area contributed by atoms with Crippen LogP contribution in [0.3, 0.4) is 0 Å². The first-order valence-electron chi connectivity index (χ1n) is 5.50. The number of aromatic nitrogens is 1. The van der Waals surface area contributed by atoms with Crippen molar-refractivity contribution >= 4 is 23.2 Å². The summed E-state index contributed by atoms with van der Waals surface area (Å²) in [5, 5.41) is 9.99. The molecule has 19 heavy (non-hydrogen) atoms. The van der Waals surface area contributed by atoms with Crippen LogP contribution in [-0.4, -0.2) is 12.1 Å². The minimum absolute atomic E-state index is 0.262. The van der Waals surface area contributed by atoms with Crippen molar-refractivity contribution < 1.29 is 4.74 Å². The zero-order valence-corrected chi connectivity index (χ0v) is 11.7. The fourth-order valence-corrected chi connectivity index (χ4v) is 2.31. The Bertz CT molecular complexity index is 630. The van der Waals surface area contributed by atoms with Crippen LogP contribution in [0.1, 0.15) is 5.56 Å². The zero-order valence-electron chi connectivity index (χ0n) is 10.2. The number of hydrogen-bond acceptors (Lipinski definition) is 3. The van der Waals surface area contributed by atoms with Gasteiger partial charge in [-0.2, -0.15) is 5.26 Å². The highest BCUT2D eigenvalue weighted by molar-refractivity contribution is 6.35. The quantitative estimate of drug-likeness (QED) is 0.854. The Hall–Kier alpha value is -1.76. The fraction of sp³-hybridized carbons (Fsp3) is 0.143. The van der Waals surface area contributed by atoms with E-state index in [0.717, 1.165) is 16.7 Å². The second-order valence-electron chi connectivity index (χ2n) is 3.88. The summed E-state index contributed by atoms with van der Waals surface area (Å²) in [6.45, 7) is 0. The number of ether oxygens (including phenoxy) is 1. The van der Waals surface area contributed by atoms with Crippen molar-refractivity contribution in [1.29, 1.82) is 5.26 Å². The maximum atomic E-state index is 8.90. The van der Waals surface area contributed by atoms with Gasteiger partial charge in [-0.05, 0) is 29.3 Å².